The van der Waals surface area contributed by atoms with E-state index in [0.717, 1.165) is 0 Å². The first kappa shape index (κ1) is 16.2. The largest absolute Gasteiger partial charge is 0.375 e. The molecule has 1 amide bonds. The second kappa shape index (κ2) is 6.31. The van der Waals surface area contributed by atoms with Crippen LogP contribution in [0, 0.1) is 0 Å². The van der Waals surface area contributed by atoms with E-state index in [0.29, 0.717) is 19.7 Å². The smallest absolute Gasteiger partial charge is 0.255 e. The number of nitrogens with zero attached hydrogens (tertiary/aromatic N) is 1. The third-order valence-corrected chi connectivity index (χ3v) is 5.02. The van der Waals surface area contributed by atoms with E-state index < -0.39 is 10.0 Å². The zero-order valence-corrected chi connectivity index (χ0v) is 13.4. The zero-order chi connectivity index (χ0) is 15.6. The molecule has 1 saturated heterocycles. The van der Waals surface area contributed by atoms with Crippen LogP contribution in [0.1, 0.15) is 17.3 Å². The molecule has 1 fully saturated rings. The summed E-state index contributed by atoms with van der Waals surface area (Å²) in [6.45, 7) is 3.25. The topological polar surface area (TPSA) is 75.7 Å². The molecule has 1 aliphatic rings. The van der Waals surface area contributed by atoms with Crippen LogP contribution in [0.25, 0.3) is 0 Å². The molecule has 21 heavy (non-hydrogen) atoms. The molecule has 1 aromatic rings. The Labute approximate surface area is 129 Å². The van der Waals surface area contributed by atoms with Gasteiger partial charge in [0.05, 0.1) is 28.2 Å². The SMILES string of the molecule is CNS(=O)(=O)c1ccc(Cl)c(C(=O)N2CCO[C@H](C)C2)c1. The molecular formula is C13H17ClN2O4S. The molecule has 0 radical (unpaired) electrons. The van der Waals surface area contributed by atoms with Crippen molar-refractivity contribution in [3.8, 4) is 0 Å². The standard InChI is InChI=1S/C13H17ClN2O4S/c1-9-8-16(5-6-20-9)13(17)11-7-10(3-4-12(11)14)21(18,19)15-2/h3-4,7,9,15H,5-6,8H2,1-2H3/t9-/m1/s1. The number of rotatable bonds is 3. The van der Waals surface area contributed by atoms with E-state index in [-0.39, 0.29) is 27.5 Å². The number of benzene rings is 1. The molecular weight excluding hydrogens is 316 g/mol. The van der Waals surface area contributed by atoms with Gasteiger partial charge in [-0.1, -0.05) is 11.6 Å². The van der Waals surface area contributed by atoms with E-state index in [4.69, 9.17) is 16.3 Å². The van der Waals surface area contributed by atoms with Crippen LogP contribution in [0.4, 0.5) is 0 Å². The van der Waals surface area contributed by atoms with Crippen LogP contribution in [0.15, 0.2) is 23.1 Å². The summed E-state index contributed by atoms with van der Waals surface area (Å²) in [5.74, 6) is -0.289. The maximum absolute atomic E-state index is 12.5. The van der Waals surface area contributed by atoms with Gasteiger partial charge in [0, 0.05) is 13.1 Å². The Morgan fingerprint density at radius 2 is 2.19 bits per heavy atom. The van der Waals surface area contributed by atoms with Gasteiger partial charge < -0.3 is 9.64 Å². The highest BCUT2D eigenvalue weighted by Crippen LogP contribution is 2.22. The summed E-state index contributed by atoms with van der Waals surface area (Å²) in [5, 5.41) is 0.231. The van der Waals surface area contributed by atoms with Crippen molar-refractivity contribution in [3.63, 3.8) is 0 Å². The minimum absolute atomic E-state index is 0.0130. The summed E-state index contributed by atoms with van der Waals surface area (Å²) in [7, 11) is -2.30. The van der Waals surface area contributed by atoms with E-state index in [1.165, 1.54) is 25.2 Å². The predicted molar refractivity (Wildman–Crippen MR) is 79.0 cm³/mol. The van der Waals surface area contributed by atoms with E-state index in [9.17, 15) is 13.2 Å². The number of carbonyl (C=O) groups excluding carboxylic acids is 1. The van der Waals surface area contributed by atoms with Gasteiger partial charge in [-0.05, 0) is 32.2 Å². The number of amides is 1. The Morgan fingerprint density at radius 1 is 1.48 bits per heavy atom. The highest BCUT2D eigenvalue weighted by molar-refractivity contribution is 7.89. The lowest BCUT2D eigenvalue weighted by molar-refractivity contribution is -0.0124. The minimum Gasteiger partial charge on any atom is -0.375 e. The number of hydrogen-bond donors (Lipinski definition) is 1. The molecule has 116 valence electrons. The molecule has 1 N–H and O–H groups in total. The van der Waals surface area contributed by atoms with E-state index in [1.807, 2.05) is 6.92 Å². The molecule has 0 aliphatic carbocycles. The van der Waals surface area contributed by atoms with E-state index in [1.54, 1.807) is 4.90 Å². The minimum atomic E-state index is -3.62. The third kappa shape index (κ3) is 3.55. The van der Waals surface area contributed by atoms with E-state index >= 15 is 0 Å². The Bertz CT molecular complexity index is 648. The first-order chi connectivity index (χ1) is 9.85. The zero-order valence-electron chi connectivity index (χ0n) is 11.8. The molecule has 2 rings (SSSR count). The second-order valence-corrected chi connectivity index (χ2v) is 7.08. The molecule has 1 aromatic carbocycles. The van der Waals surface area contributed by atoms with Crippen molar-refractivity contribution in [1.29, 1.82) is 0 Å². The van der Waals surface area contributed by atoms with Crippen LogP contribution in [0.2, 0.25) is 5.02 Å². The fraction of sp³-hybridized carbons (Fsp3) is 0.462. The average molecular weight is 333 g/mol. The molecule has 6 nitrogen and oxygen atoms in total. The van der Waals surface area contributed by atoms with Crippen molar-refractivity contribution in [2.75, 3.05) is 26.7 Å². The van der Waals surface area contributed by atoms with Gasteiger partial charge in [0.1, 0.15) is 0 Å². The number of morpholine rings is 1. The molecule has 1 aliphatic heterocycles. The summed E-state index contributed by atoms with van der Waals surface area (Å²) in [5.41, 5.74) is 0.182. The van der Waals surface area contributed by atoms with Crippen LogP contribution in [-0.4, -0.2) is 52.1 Å². The van der Waals surface area contributed by atoms with Gasteiger partial charge in [0.2, 0.25) is 10.0 Å². The summed E-state index contributed by atoms with van der Waals surface area (Å²) < 4.78 is 31.2. The number of nitrogens with one attached hydrogen (secondary N) is 1. The third-order valence-electron chi connectivity index (χ3n) is 3.28. The molecule has 0 bridgehead atoms. The van der Waals surface area contributed by atoms with Crippen LogP contribution >= 0.6 is 11.6 Å². The molecule has 8 heteroatoms. The maximum atomic E-state index is 12.5. The molecule has 0 saturated carbocycles. The fourth-order valence-electron chi connectivity index (χ4n) is 2.13. The lowest BCUT2D eigenvalue weighted by atomic mass is 10.1. The normalized spacial score (nSPS) is 19.6. The Morgan fingerprint density at radius 3 is 2.81 bits per heavy atom. The van der Waals surface area contributed by atoms with Gasteiger partial charge in [-0.2, -0.15) is 0 Å². The number of sulfonamides is 1. The lowest BCUT2D eigenvalue weighted by Gasteiger charge is -2.31. The number of ether oxygens (including phenoxy) is 1. The summed E-state index contributed by atoms with van der Waals surface area (Å²) in [6, 6.07) is 4.09. The van der Waals surface area contributed by atoms with Gasteiger partial charge in [-0.3, -0.25) is 4.79 Å². The van der Waals surface area contributed by atoms with Crippen LogP contribution in [0.3, 0.4) is 0 Å². The molecule has 0 spiro atoms. The van der Waals surface area contributed by atoms with Crippen LogP contribution in [-0.2, 0) is 14.8 Å². The lowest BCUT2D eigenvalue weighted by Crippen LogP contribution is -2.44. The summed E-state index contributed by atoms with van der Waals surface area (Å²) in [4.78, 5) is 14.1. The van der Waals surface area contributed by atoms with Crippen molar-refractivity contribution in [2.24, 2.45) is 0 Å². The predicted octanol–water partition coefficient (Wildman–Crippen LogP) is 1.11. The first-order valence-electron chi connectivity index (χ1n) is 6.49. The Balaban J connectivity index is 2.34. The number of halogens is 1. The van der Waals surface area contributed by atoms with Gasteiger partial charge in [-0.25, -0.2) is 13.1 Å². The quantitative estimate of drug-likeness (QED) is 0.899. The highest BCUT2D eigenvalue weighted by Gasteiger charge is 2.25. The Hall–Kier alpha value is -1.15. The maximum Gasteiger partial charge on any atom is 0.255 e. The van der Waals surface area contributed by atoms with Crippen molar-refractivity contribution in [1.82, 2.24) is 9.62 Å². The average Bonchev–Trinajstić information content (AvgIpc) is 2.47. The molecule has 0 aromatic heterocycles. The first-order valence-corrected chi connectivity index (χ1v) is 8.35. The van der Waals surface area contributed by atoms with Crippen LogP contribution < -0.4 is 4.72 Å². The van der Waals surface area contributed by atoms with Gasteiger partial charge in [0.25, 0.3) is 5.91 Å². The van der Waals surface area contributed by atoms with Gasteiger partial charge in [-0.15, -0.1) is 0 Å². The van der Waals surface area contributed by atoms with E-state index in [2.05, 4.69) is 4.72 Å². The highest BCUT2D eigenvalue weighted by atomic mass is 35.5. The molecule has 1 atom stereocenters. The van der Waals surface area contributed by atoms with Gasteiger partial charge >= 0.3 is 0 Å². The Kier molecular flexibility index (Phi) is 4.88. The molecule has 0 unspecified atom stereocenters. The van der Waals surface area contributed by atoms with Crippen LogP contribution in [0.5, 0.6) is 0 Å². The van der Waals surface area contributed by atoms with Crippen molar-refractivity contribution >= 4 is 27.5 Å². The fourth-order valence-corrected chi connectivity index (χ4v) is 3.08. The summed E-state index contributed by atoms with van der Waals surface area (Å²) >= 11 is 6.05. The van der Waals surface area contributed by atoms with Crippen molar-refractivity contribution in [2.45, 2.75) is 17.9 Å². The molecule has 1 heterocycles. The number of hydrogen-bond acceptors (Lipinski definition) is 4. The second-order valence-electron chi connectivity index (χ2n) is 4.78. The van der Waals surface area contributed by atoms with Crippen molar-refractivity contribution in [3.05, 3.63) is 28.8 Å². The van der Waals surface area contributed by atoms with Crippen molar-refractivity contribution < 1.29 is 17.9 Å². The summed E-state index contributed by atoms with van der Waals surface area (Å²) in [6.07, 6.45) is -0.0503. The number of carbonyl (C=O) groups is 1. The van der Waals surface area contributed by atoms with Gasteiger partial charge in [0.15, 0.2) is 0 Å². The monoisotopic (exact) mass is 332 g/mol.